The number of nitrogens with one attached hydrogen (secondary N) is 1. The molecule has 0 bridgehead atoms. The van der Waals surface area contributed by atoms with Crippen LogP contribution in [-0.4, -0.2) is 10.2 Å². The fraction of sp³-hybridized carbons (Fsp3) is 0.0833. The highest BCUT2D eigenvalue weighted by molar-refractivity contribution is 6.23. The van der Waals surface area contributed by atoms with E-state index in [-0.39, 0.29) is 11.8 Å². The van der Waals surface area contributed by atoms with E-state index < -0.39 is 0 Å². The minimum absolute atomic E-state index is 0.113. The van der Waals surface area contributed by atoms with Gasteiger partial charge in [0.25, 0.3) is 0 Å². The number of aromatic nitrogens is 2. The first-order valence-corrected chi connectivity index (χ1v) is 9.46. The second kappa shape index (κ2) is 5.49. The quantitative estimate of drug-likeness (QED) is 0.410. The summed E-state index contributed by atoms with van der Waals surface area (Å²) in [5, 5.41) is 24.3. The Balaban J connectivity index is 1.76. The number of aryl methyl sites for hydroxylation is 1. The van der Waals surface area contributed by atoms with E-state index in [1.165, 1.54) is 26.9 Å². The number of allylic oxidation sites excluding steroid dienone is 1. The average molecular weight is 376 g/mol. The maximum Gasteiger partial charge on any atom is 0.244 e. The number of hydrogen-bond donors (Lipinski definition) is 2. The Morgan fingerprint density at radius 1 is 1.00 bits per heavy atom. The highest BCUT2D eigenvalue weighted by Gasteiger charge is 2.35. The van der Waals surface area contributed by atoms with E-state index >= 15 is 0 Å². The summed E-state index contributed by atoms with van der Waals surface area (Å²) in [7, 11) is 0. The number of hydrogen-bond acceptors (Lipinski definition) is 4. The van der Waals surface area contributed by atoms with Gasteiger partial charge in [0.1, 0.15) is 11.6 Å². The third-order valence-electron chi connectivity index (χ3n) is 6.00. The summed E-state index contributed by atoms with van der Waals surface area (Å²) in [6.45, 7) is 1.94. The van der Waals surface area contributed by atoms with Gasteiger partial charge in [-0.15, -0.1) is 5.10 Å². The van der Waals surface area contributed by atoms with Gasteiger partial charge in [0.15, 0.2) is 0 Å². The lowest BCUT2D eigenvalue weighted by Gasteiger charge is -2.25. The zero-order valence-electron chi connectivity index (χ0n) is 15.7. The number of H-pyrrole nitrogens is 1. The molecule has 0 fully saturated rings. The first-order chi connectivity index (χ1) is 14.2. The van der Waals surface area contributed by atoms with Gasteiger partial charge in [0.2, 0.25) is 11.8 Å². The molecule has 1 aromatic heterocycles. The first kappa shape index (κ1) is 16.0. The predicted octanol–water partition coefficient (Wildman–Crippen LogP) is 4.83. The van der Waals surface area contributed by atoms with Crippen LogP contribution in [-0.2, 0) is 0 Å². The van der Waals surface area contributed by atoms with E-state index in [0.717, 1.165) is 22.2 Å². The summed E-state index contributed by atoms with van der Waals surface area (Å²) < 4.78 is 5.63. The molecule has 138 valence electrons. The fourth-order valence-electron chi connectivity index (χ4n) is 4.72. The van der Waals surface area contributed by atoms with Crippen molar-refractivity contribution >= 4 is 32.3 Å². The second-order valence-electron chi connectivity index (χ2n) is 7.50. The monoisotopic (exact) mass is 376 g/mol. The van der Waals surface area contributed by atoms with Crippen LogP contribution < -0.4 is 10.5 Å². The lowest BCUT2D eigenvalue weighted by molar-refractivity contribution is 0.379. The van der Waals surface area contributed by atoms with Crippen LogP contribution in [0.3, 0.4) is 0 Å². The number of ether oxygens (including phenoxy) is 1. The number of nitrogens with two attached hydrogens (primary N) is 1. The van der Waals surface area contributed by atoms with E-state index in [0.29, 0.717) is 11.5 Å². The summed E-state index contributed by atoms with van der Waals surface area (Å²) in [5.41, 5.74) is 9.29. The van der Waals surface area contributed by atoms with Crippen LogP contribution in [0.4, 0.5) is 0 Å². The minimum Gasteiger partial charge on any atom is -0.420 e. The van der Waals surface area contributed by atoms with Gasteiger partial charge in [0, 0.05) is 11.3 Å². The second-order valence-corrected chi connectivity index (χ2v) is 7.50. The fourth-order valence-corrected chi connectivity index (χ4v) is 4.72. The molecule has 0 amide bonds. The third kappa shape index (κ3) is 2.00. The SMILES string of the molecule is Cc1[nH]nc2c1C(c1ccc3ccc4cccc5ccc1c3c45)C(C#N)=C(N)O2. The number of fused-ring (bicyclic) bond motifs is 1. The van der Waals surface area contributed by atoms with Gasteiger partial charge in [-0.2, -0.15) is 5.26 Å². The summed E-state index contributed by atoms with van der Waals surface area (Å²) in [6.07, 6.45) is 0. The average Bonchev–Trinajstić information content (AvgIpc) is 3.11. The molecule has 1 atom stereocenters. The molecule has 5 heteroatoms. The number of nitrogens with zero attached hydrogens (tertiary/aromatic N) is 2. The molecule has 5 aromatic rings. The van der Waals surface area contributed by atoms with Gasteiger partial charge < -0.3 is 10.5 Å². The van der Waals surface area contributed by atoms with Crippen LogP contribution in [0.15, 0.2) is 66.1 Å². The Hall–Kier alpha value is -4.04. The lowest BCUT2D eigenvalue weighted by atomic mass is 9.80. The van der Waals surface area contributed by atoms with E-state index in [1.54, 1.807) is 0 Å². The Kier molecular flexibility index (Phi) is 3.02. The lowest BCUT2D eigenvalue weighted by Crippen LogP contribution is -2.21. The molecule has 1 aliphatic heterocycles. The van der Waals surface area contributed by atoms with Crippen LogP contribution in [0, 0.1) is 18.3 Å². The third-order valence-corrected chi connectivity index (χ3v) is 6.00. The van der Waals surface area contributed by atoms with Gasteiger partial charge in [-0.3, -0.25) is 5.10 Å². The van der Waals surface area contributed by atoms with Crippen LogP contribution in [0.25, 0.3) is 32.3 Å². The molecule has 2 heterocycles. The van der Waals surface area contributed by atoms with Crippen LogP contribution in [0.5, 0.6) is 5.88 Å². The van der Waals surface area contributed by atoms with Crippen LogP contribution >= 0.6 is 0 Å². The van der Waals surface area contributed by atoms with E-state index in [2.05, 4.69) is 70.9 Å². The van der Waals surface area contributed by atoms with Crippen molar-refractivity contribution in [2.45, 2.75) is 12.8 Å². The minimum atomic E-state index is -0.327. The normalized spacial score (nSPS) is 16.3. The van der Waals surface area contributed by atoms with Crippen molar-refractivity contribution in [3.05, 3.63) is 82.9 Å². The highest BCUT2D eigenvalue weighted by Crippen LogP contribution is 2.46. The zero-order valence-corrected chi connectivity index (χ0v) is 15.7. The molecule has 3 N–H and O–H groups in total. The Bertz CT molecular complexity index is 1500. The summed E-state index contributed by atoms with van der Waals surface area (Å²) in [6, 6.07) is 21.5. The van der Waals surface area contributed by atoms with Crippen molar-refractivity contribution in [1.82, 2.24) is 10.2 Å². The molecule has 0 saturated carbocycles. The topological polar surface area (TPSA) is 87.7 Å². The predicted molar refractivity (Wildman–Crippen MR) is 113 cm³/mol. The maximum atomic E-state index is 9.89. The van der Waals surface area contributed by atoms with Crippen LogP contribution in [0.2, 0.25) is 0 Å². The highest BCUT2D eigenvalue weighted by atomic mass is 16.5. The molecule has 0 aliphatic carbocycles. The van der Waals surface area contributed by atoms with Crippen molar-refractivity contribution < 1.29 is 4.74 Å². The largest absolute Gasteiger partial charge is 0.420 e. The molecule has 0 radical (unpaired) electrons. The Morgan fingerprint density at radius 2 is 1.69 bits per heavy atom. The molecule has 1 aliphatic rings. The molecule has 4 aromatic carbocycles. The molecule has 29 heavy (non-hydrogen) atoms. The van der Waals surface area contributed by atoms with Crippen molar-refractivity contribution in [3.8, 4) is 11.9 Å². The molecule has 5 nitrogen and oxygen atoms in total. The summed E-state index contributed by atoms with van der Waals surface area (Å²) >= 11 is 0. The van der Waals surface area contributed by atoms with Crippen molar-refractivity contribution in [1.29, 1.82) is 5.26 Å². The Labute approximate surface area is 166 Å². The summed E-state index contributed by atoms with van der Waals surface area (Å²) in [5.74, 6) is 0.226. The zero-order chi connectivity index (χ0) is 19.7. The number of benzene rings is 4. The molecular formula is C24H16N4O. The molecule has 6 rings (SSSR count). The van der Waals surface area contributed by atoms with E-state index in [9.17, 15) is 5.26 Å². The first-order valence-electron chi connectivity index (χ1n) is 9.46. The van der Waals surface area contributed by atoms with Crippen molar-refractivity contribution in [2.24, 2.45) is 5.73 Å². The van der Waals surface area contributed by atoms with E-state index in [1.807, 2.05) is 6.92 Å². The smallest absolute Gasteiger partial charge is 0.244 e. The number of nitriles is 1. The standard InChI is InChI=1S/C24H16N4O/c1-12-19-22(18(11-25)23(26)29-24(19)28-27-12)17-10-8-15-6-5-13-3-2-4-14-7-9-16(17)21(15)20(13)14/h2-10,22H,26H2,1H3,(H,27,28). The van der Waals surface area contributed by atoms with Crippen LogP contribution in [0.1, 0.15) is 22.7 Å². The van der Waals surface area contributed by atoms with Gasteiger partial charge in [0.05, 0.1) is 5.92 Å². The molecular weight excluding hydrogens is 360 g/mol. The molecule has 1 unspecified atom stereocenters. The van der Waals surface area contributed by atoms with Gasteiger partial charge >= 0.3 is 0 Å². The summed E-state index contributed by atoms with van der Waals surface area (Å²) in [4.78, 5) is 0. The van der Waals surface area contributed by atoms with Gasteiger partial charge in [-0.05, 0) is 44.8 Å². The van der Waals surface area contributed by atoms with Gasteiger partial charge in [-0.25, -0.2) is 0 Å². The maximum absolute atomic E-state index is 9.89. The van der Waals surface area contributed by atoms with E-state index in [4.69, 9.17) is 10.5 Å². The molecule has 0 saturated heterocycles. The van der Waals surface area contributed by atoms with Gasteiger partial charge in [-0.1, -0.05) is 54.6 Å². The molecule has 0 spiro atoms. The van der Waals surface area contributed by atoms with Crippen molar-refractivity contribution in [3.63, 3.8) is 0 Å². The Morgan fingerprint density at radius 3 is 2.45 bits per heavy atom. The van der Waals surface area contributed by atoms with Crippen molar-refractivity contribution in [2.75, 3.05) is 0 Å². The number of rotatable bonds is 1. The number of aromatic amines is 1.